The Morgan fingerprint density at radius 3 is 2.50 bits per heavy atom. The Balaban J connectivity index is 2.17. The minimum Gasteiger partial charge on any atom is -0.480 e. The second kappa shape index (κ2) is 3.40. The van der Waals surface area contributed by atoms with Crippen LogP contribution in [0.25, 0.3) is 0 Å². The first-order chi connectivity index (χ1) is 5.59. The van der Waals surface area contributed by atoms with E-state index in [1.807, 2.05) is 0 Å². The molecule has 0 saturated carbocycles. The Labute approximate surface area is 68.8 Å². The van der Waals surface area contributed by atoms with Crippen LogP contribution in [-0.4, -0.2) is 52.9 Å². The standard InChI is InChI=1S/C6H10N2O4/c9-4-2-8(3-4)6(12)7-1-5(10)11/h4,9H,1-3H2,(H,7,12)(H,10,11). The number of carbonyl (C=O) groups is 2. The number of carboxylic acid groups (broad SMARTS) is 1. The molecule has 0 spiro atoms. The van der Waals surface area contributed by atoms with Crippen LogP contribution in [0.2, 0.25) is 0 Å². The van der Waals surface area contributed by atoms with Gasteiger partial charge < -0.3 is 20.4 Å². The smallest absolute Gasteiger partial charge is 0.323 e. The van der Waals surface area contributed by atoms with Crippen molar-refractivity contribution in [2.24, 2.45) is 0 Å². The molecule has 0 aromatic carbocycles. The number of hydrogen-bond acceptors (Lipinski definition) is 3. The van der Waals surface area contributed by atoms with Gasteiger partial charge in [0, 0.05) is 0 Å². The Hall–Kier alpha value is -1.30. The van der Waals surface area contributed by atoms with Gasteiger partial charge in [-0.3, -0.25) is 4.79 Å². The van der Waals surface area contributed by atoms with Gasteiger partial charge in [-0.2, -0.15) is 0 Å². The van der Waals surface area contributed by atoms with Crippen molar-refractivity contribution in [2.75, 3.05) is 19.6 Å². The molecule has 1 aliphatic heterocycles. The Kier molecular flexibility index (Phi) is 2.49. The molecule has 1 fully saturated rings. The second-order valence-electron chi connectivity index (χ2n) is 2.61. The van der Waals surface area contributed by atoms with Gasteiger partial charge in [-0.05, 0) is 0 Å². The fourth-order valence-electron chi connectivity index (χ4n) is 0.884. The Morgan fingerprint density at radius 1 is 1.50 bits per heavy atom. The summed E-state index contributed by atoms with van der Waals surface area (Å²) in [5.41, 5.74) is 0. The van der Waals surface area contributed by atoms with Crippen molar-refractivity contribution in [3.8, 4) is 0 Å². The van der Waals surface area contributed by atoms with Crippen molar-refractivity contribution < 1.29 is 19.8 Å². The van der Waals surface area contributed by atoms with E-state index in [1.165, 1.54) is 4.90 Å². The lowest BCUT2D eigenvalue weighted by Crippen LogP contribution is -2.57. The molecule has 0 radical (unpaired) electrons. The number of nitrogens with one attached hydrogen (secondary N) is 1. The van der Waals surface area contributed by atoms with Crippen LogP contribution in [0.4, 0.5) is 4.79 Å². The van der Waals surface area contributed by atoms with Gasteiger partial charge in [-0.15, -0.1) is 0 Å². The molecule has 6 heteroatoms. The summed E-state index contributed by atoms with van der Waals surface area (Å²) < 4.78 is 0. The number of rotatable bonds is 2. The van der Waals surface area contributed by atoms with Crippen LogP contribution in [0.5, 0.6) is 0 Å². The second-order valence-corrected chi connectivity index (χ2v) is 2.61. The first-order valence-electron chi connectivity index (χ1n) is 3.52. The molecule has 1 rings (SSSR count). The summed E-state index contributed by atoms with van der Waals surface area (Å²) in [6.45, 7) is 0.183. The first-order valence-corrected chi connectivity index (χ1v) is 3.52. The van der Waals surface area contributed by atoms with Crippen molar-refractivity contribution in [3.05, 3.63) is 0 Å². The largest absolute Gasteiger partial charge is 0.480 e. The number of β-amino-alcohol motifs (C(OH)–C–C–N with tert-alkyl or cyclic N) is 1. The van der Waals surface area contributed by atoms with E-state index in [9.17, 15) is 9.59 Å². The Bertz CT molecular complexity index is 200. The molecule has 68 valence electrons. The van der Waals surface area contributed by atoms with Gasteiger partial charge in [-0.1, -0.05) is 0 Å². The molecular formula is C6H10N2O4. The van der Waals surface area contributed by atoms with Gasteiger partial charge in [0.15, 0.2) is 0 Å². The highest BCUT2D eigenvalue weighted by atomic mass is 16.4. The molecule has 0 atom stereocenters. The van der Waals surface area contributed by atoms with Gasteiger partial charge in [0.2, 0.25) is 0 Å². The number of urea groups is 1. The molecule has 0 aliphatic carbocycles. The number of nitrogens with zero attached hydrogens (tertiary/aromatic N) is 1. The number of hydrogen-bond donors (Lipinski definition) is 3. The monoisotopic (exact) mass is 174 g/mol. The van der Waals surface area contributed by atoms with E-state index in [0.717, 1.165) is 0 Å². The maximum Gasteiger partial charge on any atom is 0.323 e. The highest BCUT2D eigenvalue weighted by Gasteiger charge is 2.28. The summed E-state index contributed by atoms with van der Waals surface area (Å²) in [7, 11) is 0. The molecular weight excluding hydrogens is 164 g/mol. The number of amides is 2. The summed E-state index contributed by atoms with van der Waals surface area (Å²) in [5.74, 6) is -1.08. The molecule has 0 bridgehead atoms. The summed E-state index contributed by atoms with van der Waals surface area (Å²) >= 11 is 0. The zero-order valence-electron chi connectivity index (χ0n) is 6.36. The lowest BCUT2D eigenvalue weighted by atomic mass is 10.2. The number of aliphatic carboxylic acids is 1. The molecule has 12 heavy (non-hydrogen) atoms. The summed E-state index contributed by atoms with van der Waals surface area (Å²) in [6, 6.07) is -0.442. The molecule has 6 nitrogen and oxygen atoms in total. The number of carbonyl (C=O) groups excluding carboxylic acids is 1. The number of aliphatic hydroxyl groups is 1. The third-order valence-electron chi connectivity index (χ3n) is 1.54. The lowest BCUT2D eigenvalue weighted by Gasteiger charge is -2.35. The van der Waals surface area contributed by atoms with Gasteiger partial charge in [0.1, 0.15) is 6.54 Å². The third kappa shape index (κ3) is 2.09. The van der Waals surface area contributed by atoms with Crippen molar-refractivity contribution in [2.45, 2.75) is 6.10 Å². The predicted octanol–water partition coefficient (Wildman–Crippen LogP) is -1.54. The highest BCUT2D eigenvalue weighted by Crippen LogP contribution is 2.06. The predicted molar refractivity (Wildman–Crippen MR) is 38.6 cm³/mol. The Morgan fingerprint density at radius 2 is 2.08 bits per heavy atom. The van der Waals surface area contributed by atoms with Crippen molar-refractivity contribution >= 4 is 12.0 Å². The van der Waals surface area contributed by atoms with E-state index in [1.54, 1.807) is 0 Å². The first kappa shape index (κ1) is 8.79. The van der Waals surface area contributed by atoms with Gasteiger partial charge in [-0.25, -0.2) is 4.79 Å². The normalized spacial score (nSPS) is 16.9. The van der Waals surface area contributed by atoms with Crippen LogP contribution in [0, 0.1) is 0 Å². The van der Waals surface area contributed by atoms with Crippen LogP contribution in [0.1, 0.15) is 0 Å². The van der Waals surface area contributed by atoms with Crippen LogP contribution in [0.3, 0.4) is 0 Å². The summed E-state index contributed by atoms with van der Waals surface area (Å²) in [4.78, 5) is 22.3. The molecule has 1 heterocycles. The minimum absolute atomic E-state index is 0.283. The van der Waals surface area contributed by atoms with Crippen molar-refractivity contribution in [1.29, 1.82) is 0 Å². The number of carboxylic acids is 1. The number of aliphatic hydroxyl groups excluding tert-OH is 1. The topological polar surface area (TPSA) is 89.9 Å². The van der Waals surface area contributed by atoms with E-state index in [0.29, 0.717) is 0 Å². The average molecular weight is 174 g/mol. The zero-order chi connectivity index (χ0) is 9.14. The van der Waals surface area contributed by atoms with E-state index in [4.69, 9.17) is 10.2 Å². The SMILES string of the molecule is O=C(O)CNC(=O)N1CC(O)C1. The quantitative estimate of drug-likeness (QED) is 0.473. The lowest BCUT2D eigenvalue weighted by molar-refractivity contribution is -0.135. The molecule has 2 amide bonds. The molecule has 3 N–H and O–H groups in total. The van der Waals surface area contributed by atoms with Gasteiger partial charge in [0.25, 0.3) is 0 Å². The van der Waals surface area contributed by atoms with E-state index < -0.39 is 18.1 Å². The fraction of sp³-hybridized carbons (Fsp3) is 0.667. The maximum atomic E-state index is 10.9. The van der Waals surface area contributed by atoms with Gasteiger partial charge >= 0.3 is 12.0 Å². The van der Waals surface area contributed by atoms with Crippen molar-refractivity contribution in [1.82, 2.24) is 10.2 Å². The maximum absolute atomic E-state index is 10.9. The van der Waals surface area contributed by atoms with E-state index >= 15 is 0 Å². The molecule has 0 aromatic heterocycles. The third-order valence-corrected chi connectivity index (χ3v) is 1.54. The van der Waals surface area contributed by atoms with E-state index in [-0.39, 0.29) is 19.6 Å². The average Bonchev–Trinajstić information content (AvgIpc) is 1.94. The van der Waals surface area contributed by atoms with Gasteiger partial charge in [0.05, 0.1) is 19.2 Å². The fourth-order valence-corrected chi connectivity index (χ4v) is 0.884. The number of likely N-dealkylation sites (tertiary alicyclic amines) is 1. The van der Waals surface area contributed by atoms with Crippen LogP contribution >= 0.6 is 0 Å². The molecule has 1 saturated heterocycles. The minimum atomic E-state index is -1.08. The molecule has 1 aliphatic rings. The summed E-state index contributed by atoms with van der Waals surface area (Å²) in [5, 5.41) is 19.2. The van der Waals surface area contributed by atoms with E-state index in [2.05, 4.69) is 5.32 Å². The summed E-state index contributed by atoms with van der Waals surface area (Å²) in [6.07, 6.45) is -0.458. The van der Waals surface area contributed by atoms with Crippen LogP contribution in [-0.2, 0) is 4.79 Å². The zero-order valence-corrected chi connectivity index (χ0v) is 6.36. The molecule has 0 unspecified atom stereocenters. The van der Waals surface area contributed by atoms with Crippen LogP contribution in [0.15, 0.2) is 0 Å². The highest BCUT2D eigenvalue weighted by molar-refractivity contribution is 5.80. The van der Waals surface area contributed by atoms with Crippen LogP contribution < -0.4 is 5.32 Å². The molecule has 0 aromatic rings. The van der Waals surface area contributed by atoms with Crippen molar-refractivity contribution in [3.63, 3.8) is 0 Å².